The maximum absolute atomic E-state index is 10.7. The average Bonchev–Trinajstić information content (AvgIpc) is 2.26. The fourth-order valence-corrected chi connectivity index (χ4v) is 1.06. The molecule has 15 heavy (non-hydrogen) atoms. The summed E-state index contributed by atoms with van der Waals surface area (Å²) >= 11 is 5.74. The van der Waals surface area contributed by atoms with Crippen molar-refractivity contribution in [2.75, 3.05) is 7.11 Å². The molecule has 0 radical (unpaired) electrons. The molecule has 0 saturated heterocycles. The summed E-state index contributed by atoms with van der Waals surface area (Å²) in [4.78, 5) is 10.7. The lowest BCUT2D eigenvalue weighted by atomic mass is 10.1. The SMILES string of the molecule is COC(=O)NN=C(C)c1ccc(Cl)cc1. The lowest BCUT2D eigenvalue weighted by Gasteiger charge is -2.01. The molecule has 0 heterocycles. The summed E-state index contributed by atoms with van der Waals surface area (Å²) in [5.41, 5.74) is 3.80. The number of methoxy groups -OCH3 is 1. The van der Waals surface area contributed by atoms with Crippen molar-refractivity contribution in [3.05, 3.63) is 34.9 Å². The highest BCUT2D eigenvalue weighted by molar-refractivity contribution is 6.30. The van der Waals surface area contributed by atoms with Crippen molar-refractivity contribution in [3.8, 4) is 0 Å². The highest BCUT2D eigenvalue weighted by atomic mass is 35.5. The first kappa shape index (κ1) is 11.5. The number of carbonyl (C=O) groups excluding carboxylic acids is 1. The van der Waals surface area contributed by atoms with Crippen LogP contribution in [0, 0.1) is 0 Å². The zero-order chi connectivity index (χ0) is 11.3. The molecule has 0 bridgehead atoms. The number of carbonyl (C=O) groups is 1. The van der Waals surface area contributed by atoms with Crippen molar-refractivity contribution >= 4 is 23.4 Å². The van der Waals surface area contributed by atoms with Crippen molar-refractivity contribution < 1.29 is 9.53 Å². The van der Waals surface area contributed by atoms with Crippen LogP contribution < -0.4 is 5.43 Å². The molecule has 4 nitrogen and oxygen atoms in total. The minimum Gasteiger partial charge on any atom is -0.452 e. The first-order chi connectivity index (χ1) is 7.13. The fourth-order valence-electron chi connectivity index (χ4n) is 0.931. The van der Waals surface area contributed by atoms with Crippen molar-refractivity contribution in [2.45, 2.75) is 6.92 Å². The number of amides is 1. The molecule has 0 fully saturated rings. The number of hydrogen-bond acceptors (Lipinski definition) is 3. The van der Waals surface area contributed by atoms with Gasteiger partial charge in [-0.1, -0.05) is 23.7 Å². The molecule has 0 unspecified atom stereocenters. The Hall–Kier alpha value is -1.55. The van der Waals surface area contributed by atoms with Gasteiger partial charge in [0.25, 0.3) is 0 Å². The number of ether oxygens (including phenoxy) is 1. The van der Waals surface area contributed by atoms with E-state index in [0.29, 0.717) is 10.7 Å². The first-order valence-electron chi connectivity index (χ1n) is 4.27. The standard InChI is InChI=1S/C10H11ClN2O2/c1-7(12-13-10(14)15-2)8-3-5-9(11)6-4-8/h3-6H,1-2H3,(H,13,14). The average molecular weight is 227 g/mol. The molecule has 0 aromatic heterocycles. The summed E-state index contributed by atoms with van der Waals surface area (Å²) in [6, 6.07) is 7.16. The lowest BCUT2D eigenvalue weighted by Crippen LogP contribution is -2.18. The molecule has 1 rings (SSSR count). The van der Waals surface area contributed by atoms with Gasteiger partial charge in [-0.3, -0.25) is 0 Å². The first-order valence-corrected chi connectivity index (χ1v) is 4.65. The third-order valence-electron chi connectivity index (χ3n) is 1.76. The minimum atomic E-state index is -0.594. The van der Waals surface area contributed by atoms with Crippen molar-refractivity contribution in [1.82, 2.24) is 5.43 Å². The van der Waals surface area contributed by atoms with Crippen LogP contribution in [-0.2, 0) is 4.74 Å². The molecule has 1 aromatic rings. The molecule has 0 atom stereocenters. The van der Waals surface area contributed by atoms with E-state index in [-0.39, 0.29) is 0 Å². The third kappa shape index (κ3) is 3.59. The largest absolute Gasteiger partial charge is 0.452 e. The van der Waals surface area contributed by atoms with Crippen LogP contribution in [-0.4, -0.2) is 18.9 Å². The summed E-state index contributed by atoms with van der Waals surface area (Å²) in [6.07, 6.45) is -0.594. The molecular formula is C10H11ClN2O2. The Morgan fingerprint density at radius 2 is 2.00 bits per heavy atom. The van der Waals surface area contributed by atoms with Crippen LogP contribution in [0.5, 0.6) is 0 Å². The second-order valence-corrected chi connectivity index (χ2v) is 3.24. The van der Waals surface area contributed by atoms with Crippen LogP contribution in [0.15, 0.2) is 29.4 Å². The normalized spacial score (nSPS) is 11.0. The van der Waals surface area contributed by atoms with Crippen LogP contribution in [0.4, 0.5) is 4.79 Å². The van der Waals surface area contributed by atoms with Gasteiger partial charge in [0.2, 0.25) is 0 Å². The quantitative estimate of drug-likeness (QED) is 0.622. The Labute approximate surface area is 92.9 Å². The maximum atomic E-state index is 10.7. The number of nitrogens with one attached hydrogen (secondary N) is 1. The summed E-state index contributed by atoms with van der Waals surface area (Å²) in [7, 11) is 1.28. The van der Waals surface area contributed by atoms with Crippen molar-refractivity contribution in [2.24, 2.45) is 5.10 Å². The Kier molecular flexibility index (Phi) is 4.12. The van der Waals surface area contributed by atoms with Gasteiger partial charge in [0.15, 0.2) is 0 Å². The maximum Gasteiger partial charge on any atom is 0.427 e. The minimum absolute atomic E-state index is 0.594. The summed E-state index contributed by atoms with van der Waals surface area (Å²) in [5.74, 6) is 0. The van der Waals surface area contributed by atoms with Crippen molar-refractivity contribution in [3.63, 3.8) is 0 Å². The second-order valence-electron chi connectivity index (χ2n) is 2.81. The zero-order valence-electron chi connectivity index (χ0n) is 8.45. The van der Waals surface area contributed by atoms with Gasteiger partial charge in [0, 0.05) is 5.02 Å². The van der Waals surface area contributed by atoms with Crippen LogP contribution in [0.25, 0.3) is 0 Å². The topological polar surface area (TPSA) is 50.7 Å². The third-order valence-corrected chi connectivity index (χ3v) is 2.01. The highest BCUT2D eigenvalue weighted by Crippen LogP contribution is 2.09. The van der Waals surface area contributed by atoms with Gasteiger partial charge >= 0.3 is 6.09 Å². The van der Waals surface area contributed by atoms with Crippen LogP contribution in [0.1, 0.15) is 12.5 Å². The molecule has 1 N–H and O–H groups in total. The Morgan fingerprint density at radius 1 is 1.40 bits per heavy atom. The predicted octanol–water partition coefficient (Wildman–Crippen LogP) is 2.42. The highest BCUT2D eigenvalue weighted by Gasteiger charge is 1.99. The van der Waals surface area contributed by atoms with E-state index in [1.54, 1.807) is 19.1 Å². The van der Waals surface area contributed by atoms with Gasteiger partial charge < -0.3 is 4.74 Å². The van der Waals surface area contributed by atoms with Gasteiger partial charge in [0.05, 0.1) is 12.8 Å². The number of rotatable bonds is 2. The van der Waals surface area contributed by atoms with E-state index in [0.717, 1.165) is 5.56 Å². The lowest BCUT2D eigenvalue weighted by molar-refractivity contribution is 0.171. The van der Waals surface area contributed by atoms with Crippen LogP contribution >= 0.6 is 11.6 Å². The molecule has 0 spiro atoms. The number of nitrogens with zero attached hydrogens (tertiary/aromatic N) is 1. The predicted molar refractivity (Wildman–Crippen MR) is 59.2 cm³/mol. The molecule has 1 aromatic carbocycles. The van der Waals surface area contributed by atoms with E-state index in [1.165, 1.54) is 7.11 Å². The van der Waals surface area contributed by atoms with Crippen LogP contribution in [0.2, 0.25) is 5.02 Å². The van der Waals surface area contributed by atoms with E-state index in [1.807, 2.05) is 12.1 Å². The van der Waals surface area contributed by atoms with Gasteiger partial charge in [-0.25, -0.2) is 10.2 Å². The number of benzene rings is 1. The number of hydrogen-bond donors (Lipinski definition) is 1. The Bertz CT molecular complexity index is 374. The Morgan fingerprint density at radius 3 is 2.53 bits per heavy atom. The van der Waals surface area contributed by atoms with E-state index in [9.17, 15) is 4.79 Å². The van der Waals surface area contributed by atoms with E-state index in [4.69, 9.17) is 11.6 Å². The molecule has 5 heteroatoms. The Balaban J connectivity index is 2.71. The summed E-state index contributed by atoms with van der Waals surface area (Å²) in [6.45, 7) is 1.78. The van der Waals surface area contributed by atoms with Gasteiger partial charge in [0.1, 0.15) is 0 Å². The molecule has 80 valence electrons. The molecule has 0 saturated carbocycles. The second kappa shape index (κ2) is 5.36. The number of halogens is 1. The van der Waals surface area contributed by atoms with Crippen molar-refractivity contribution in [1.29, 1.82) is 0 Å². The number of hydrazone groups is 1. The van der Waals surface area contributed by atoms with Gasteiger partial charge in [-0.2, -0.15) is 5.10 Å². The molecular weight excluding hydrogens is 216 g/mol. The van der Waals surface area contributed by atoms with Crippen LogP contribution in [0.3, 0.4) is 0 Å². The van der Waals surface area contributed by atoms with Gasteiger partial charge in [-0.05, 0) is 24.6 Å². The molecule has 0 aliphatic heterocycles. The summed E-state index contributed by atoms with van der Waals surface area (Å²) < 4.78 is 4.38. The van der Waals surface area contributed by atoms with Gasteiger partial charge in [-0.15, -0.1) is 0 Å². The monoisotopic (exact) mass is 226 g/mol. The molecule has 0 aliphatic carbocycles. The van der Waals surface area contributed by atoms with E-state index in [2.05, 4.69) is 15.3 Å². The molecule has 1 amide bonds. The zero-order valence-corrected chi connectivity index (χ0v) is 9.21. The van der Waals surface area contributed by atoms with E-state index >= 15 is 0 Å². The molecule has 0 aliphatic rings. The summed E-state index contributed by atoms with van der Waals surface area (Å²) in [5, 5.41) is 4.50. The fraction of sp³-hybridized carbons (Fsp3) is 0.200. The smallest absolute Gasteiger partial charge is 0.427 e. The van der Waals surface area contributed by atoms with E-state index < -0.39 is 6.09 Å².